The summed E-state index contributed by atoms with van der Waals surface area (Å²) < 4.78 is 1.21. The summed E-state index contributed by atoms with van der Waals surface area (Å²) in [6.07, 6.45) is 4.98. The summed E-state index contributed by atoms with van der Waals surface area (Å²) in [4.78, 5) is 12.7. The molecule has 0 radical (unpaired) electrons. The summed E-state index contributed by atoms with van der Waals surface area (Å²) in [7, 11) is 0. The fourth-order valence-corrected chi connectivity index (χ4v) is 6.07. The van der Waals surface area contributed by atoms with E-state index in [9.17, 15) is 4.79 Å². The van der Waals surface area contributed by atoms with Crippen molar-refractivity contribution in [1.29, 1.82) is 0 Å². The van der Waals surface area contributed by atoms with Crippen LogP contribution in [0.5, 0.6) is 0 Å². The number of hydrogen-bond acceptors (Lipinski definition) is 1. The van der Waals surface area contributed by atoms with E-state index >= 15 is 0 Å². The van der Waals surface area contributed by atoms with Gasteiger partial charge in [-0.2, -0.15) is 0 Å². The fourth-order valence-electron chi connectivity index (χ4n) is 3.03. The van der Waals surface area contributed by atoms with Crippen molar-refractivity contribution in [1.82, 2.24) is 0 Å². The molecule has 0 aromatic heterocycles. The van der Waals surface area contributed by atoms with Gasteiger partial charge in [0.2, 0.25) is 0 Å². The molecule has 1 aliphatic carbocycles. The van der Waals surface area contributed by atoms with Crippen LogP contribution in [-0.2, 0) is 11.2 Å². The van der Waals surface area contributed by atoms with E-state index in [1.54, 1.807) is 0 Å². The van der Waals surface area contributed by atoms with Crippen LogP contribution in [-0.4, -0.2) is 20.7 Å². The molecule has 2 heteroatoms. The predicted octanol–water partition coefficient (Wildman–Crippen LogP) is 3.56. The number of ketones is 1. The second-order valence-electron chi connectivity index (χ2n) is 5.70. The van der Waals surface area contributed by atoms with Gasteiger partial charge in [-0.1, -0.05) is 0 Å². The number of Topliss-reactive ketones (excluding diaryl/α,β-unsaturated/α-hetero) is 1. The van der Waals surface area contributed by atoms with E-state index in [4.69, 9.17) is 0 Å². The third-order valence-corrected chi connectivity index (χ3v) is 7.23. The molecule has 0 saturated heterocycles. The van der Waals surface area contributed by atoms with Crippen LogP contribution in [0.4, 0.5) is 0 Å². The number of hydrogen-bond donors (Lipinski definition) is 0. The monoisotopic (exact) mass is 344 g/mol. The number of carbonyl (C=O) groups is 1. The molecule has 1 unspecified atom stereocenters. The molecule has 0 heterocycles. The van der Waals surface area contributed by atoms with E-state index in [-0.39, 0.29) is 19.3 Å². The molecule has 0 bridgehead atoms. The molecular weight excluding hydrogens is 323 g/mol. The molecule has 0 spiro atoms. The Balaban J connectivity index is 1.89. The molecule has 0 N–H and O–H groups in total. The molecular formula is C19H20OSe. The third-order valence-electron chi connectivity index (χ3n) is 4.13. The van der Waals surface area contributed by atoms with Crippen molar-refractivity contribution in [2.24, 2.45) is 0 Å². The maximum atomic E-state index is 12.7. The first kappa shape index (κ1) is 14.6. The van der Waals surface area contributed by atoms with Gasteiger partial charge in [0.1, 0.15) is 0 Å². The standard InChI is InChI=1S/C19H20OSe/c20-18-13-7-8-14-19(18,15-16-9-3-1-4-10-16)21-17-11-5-2-6-12-17/h1-6,9-12H,7-8,13-15H2. The zero-order valence-corrected chi connectivity index (χ0v) is 13.8. The number of carbonyl (C=O) groups excluding carboxylic acids is 1. The van der Waals surface area contributed by atoms with E-state index in [0.29, 0.717) is 5.78 Å². The first-order valence-electron chi connectivity index (χ1n) is 7.60. The van der Waals surface area contributed by atoms with Crippen LogP contribution in [0.2, 0.25) is 4.31 Å². The van der Waals surface area contributed by atoms with E-state index in [1.807, 2.05) is 12.1 Å². The van der Waals surface area contributed by atoms with Crippen molar-refractivity contribution >= 4 is 25.2 Å². The summed E-state index contributed by atoms with van der Waals surface area (Å²) in [5.41, 5.74) is 1.30. The molecule has 3 rings (SSSR count). The first-order chi connectivity index (χ1) is 10.3. The Hall–Kier alpha value is -1.37. The summed E-state index contributed by atoms with van der Waals surface area (Å²) in [6.45, 7) is 0. The van der Waals surface area contributed by atoms with Crippen molar-refractivity contribution in [2.75, 3.05) is 0 Å². The van der Waals surface area contributed by atoms with E-state index < -0.39 is 0 Å². The quantitative estimate of drug-likeness (QED) is 0.776. The Morgan fingerprint density at radius 2 is 1.57 bits per heavy atom. The molecule has 21 heavy (non-hydrogen) atoms. The SMILES string of the molecule is O=C1CCCCC1(Cc1ccccc1)[Se]c1ccccc1. The van der Waals surface area contributed by atoms with Gasteiger partial charge in [0.05, 0.1) is 0 Å². The van der Waals surface area contributed by atoms with Crippen molar-refractivity contribution in [3.63, 3.8) is 0 Å². The van der Waals surface area contributed by atoms with Crippen LogP contribution in [0.1, 0.15) is 31.2 Å². The third kappa shape index (κ3) is 3.45. The van der Waals surface area contributed by atoms with Gasteiger partial charge in [-0.05, 0) is 0 Å². The number of rotatable bonds is 4. The Kier molecular flexibility index (Phi) is 4.57. The topological polar surface area (TPSA) is 17.1 Å². The van der Waals surface area contributed by atoms with Crippen molar-refractivity contribution in [2.45, 2.75) is 36.4 Å². The summed E-state index contributed by atoms with van der Waals surface area (Å²) >= 11 is 0.210. The van der Waals surface area contributed by atoms with Crippen LogP contribution in [0.25, 0.3) is 0 Å². The zero-order chi connectivity index (χ0) is 14.5. The van der Waals surface area contributed by atoms with Gasteiger partial charge in [0.15, 0.2) is 0 Å². The van der Waals surface area contributed by atoms with Gasteiger partial charge in [0, 0.05) is 0 Å². The normalized spacial score (nSPS) is 22.2. The first-order valence-corrected chi connectivity index (χ1v) is 9.31. The Bertz CT molecular complexity index is 550. The molecule has 2 aromatic carbocycles. The Labute approximate surface area is 132 Å². The fraction of sp³-hybridized carbons (Fsp3) is 0.316. The summed E-state index contributed by atoms with van der Waals surface area (Å²) in [5, 5.41) is 0. The zero-order valence-electron chi connectivity index (χ0n) is 12.1. The average molecular weight is 343 g/mol. The van der Waals surface area contributed by atoms with Crippen LogP contribution in [0, 0.1) is 0 Å². The number of benzene rings is 2. The molecule has 1 fully saturated rings. The van der Waals surface area contributed by atoms with Crippen LogP contribution < -0.4 is 4.46 Å². The van der Waals surface area contributed by atoms with Gasteiger partial charge in [0.25, 0.3) is 0 Å². The van der Waals surface area contributed by atoms with Crippen LogP contribution in [0.3, 0.4) is 0 Å². The Morgan fingerprint density at radius 3 is 2.24 bits per heavy atom. The van der Waals surface area contributed by atoms with Gasteiger partial charge in [-0.25, -0.2) is 0 Å². The Morgan fingerprint density at radius 1 is 0.905 bits per heavy atom. The second-order valence-corrected chi connectivity index (χ2v) is 8.76. The van der Waals surface area contributed by atoms with Gasteiger partial charge in [-0.15, -0.1) is 0 Å². The van der Waals surface area contributed by atoms with Crippen molar-refractivity contribution in [3.05, 3.63) is 66.2 Å². The van der Waals surface area contributed by atoms with Crippen molar-refractivity contribution < 1.29 is 4.79 Å². The summed E-state index contributed by atoms with van der Waals surface area (Å²) in [6, 6.07) is 21.1. The average Bonchev–Trinajstić information content (AvgIpc) is 2.52. The molecule has 1 nitrogen and oxygen atoms in total. The molecule has 0 amide bonds. The minimum atomic E-state index is -0.131. The van der Waals surface area contributed by atoms with Crippen molar-refractivity contribution in [3.8, 4) is 0 Å². The van der Waals surface area contributed by atoms with Crippen LogP contribution >= 0.6 is 0 Å². The predicted molar refractivity (Wildman–Crippen MR) is 88.1 cm³/mol. The van der Waals surface area contributed by atoms with Gasteiger partial charge < -0.3 is 0 Å². The summed E-state index contributed by atoms with van der Waals surface area (Å²) in [5.74, 6) is 0.487. The van der Waals surface area contributed by atoms with Crippen LogP contribution in [0.15, 0.2) is 60.7 Å². The maximum absolute atomic E-state index is 12.7. The molecule has 1 saturated carbocycles. The molecule has 1 atom stereocenters. The van der Waals surface area contributed by atoms with Gasteiger partial charge in [-0.3, -0.25) is 0 Å². The molecule has 108 valence electrons. The van der Waals surface area contributed by atoms with Gasteiger partial charge >= 0.3 is 133 Å². The molecule has 2 aromatic rings. The van der Waals surface area contributed by atoms with E-state index in [2.05, 4.69) is 48.5 Å². The van der Waals surface area contributed by atoms with E-state index in [1.165, 1.54) is 16.4 Å². The molecule has 0 aliphatic heterocycles. The minimum absolute atomic E-state index is 0.131. The second kappa shape index (κ2) is 6.60. The molecule has 1 aliphatic rings. The van der Waals surface area contributed by atoms with E-state index in [0.717, 1.165) is 25.7 Å².